The largest absolute Gasteiger partial charge is 0.395 e. The van der Waals surface area contributed by atoms with Crippen LogP contribution >= 0.6 is 0 Å². The van der Waals surface area contributed by atoms with E-state index in [2.05, 4.69) is 10.2 Å². The molecule has 0 bridgehead atoms. The lowest BCUT2D eigenvalue weighted by molar-refractivity contribution is 0.289. The summed E-state index contributed by atoms with van der Waals surface area (Å²) in [6, 6.07) is 5.58. The Morgan fingerprint density at radius 2 is 2.05 bits per heavy atom. The Morgan fingerprint density at radius 3 is 2.70 bits per heavy atom. The first-order valence-corrected chi connectivity index (χ1v) is 7.57. The first-order valence-electron chi connectivity index (χ1n) is 7.57. The fourth-order valence-corrected chi connectivity index (χ4v) is 3.19. The molecule has 1 fully saturated rings. The second-order valence-corrected chi connectivity index (χ2v) is 5.49. The predicted molar refractivity (Wildman–Crippen MR) is 80.5 cm³/mol. The molecule has 1 saturated carbocycles. The minimum Gasteiger partial charge on any atom is -0.395 e. The van der Waals surface area contributed by atoms with Crippen molar-refractivity contribution >= 4 is 5.69 Å². The number of halogens is 1. The SMILES string of the molecule is CNCc1cccc(F)c1N(CCO)C1CCCCC1. The van der Waals surface area contributed by atoms with E-state index in [9.17, 15) is 9.50 Å². The van der Waals surface area contributed by atoms with E-state index in [-0.39, 0.29) is 12.4 Å². The van der Waals surface area contributed by atoms with Gasteiger partial charge in [-0.2, -0.15) is 0 Å². The van der Waals surface area contributed by atoms with E-state index in [1.807, 2.05) is 13.1 Å². The lowest BCUT2D eigenvalue weighted by Gasteiger charge is -2.37. The topological polar surface area (TPSA) is 35.5 Å². The molecule has 0 heterocycles. The molecule has 2 rings (SSSR count). The van der Waals surface area contributed by atoms with E-state index < -0.39 is 0 Å². The molecule has 20 heavy (non-hydrogen) atoms. The standard InChI is InChI=1S/C16H25FN2O/c1-18-12-13-6-5-9-15(17)16(13)19(10-11-20)14-7-3-2-4-8-14/h5-6,9,14,18,20H,2-4,7-8,10-12H2,1H3. The number of aliphatic hydroxyl groups excluding tert-OH is 1. The Balaban J connectivity index is 2.31. The molecule has 0 radical (unpaired) electrons. The van der Waals surface area contributed by atoms with Gasteiger partial charge in [-0.3, -0.25) is 0 Å². The molecular weight excluding hydrogens is 255 g/mol. The zero-order chi connectivity index (χ0) is 14.4. The summed E-state index contributed by atoms with van der Waals surface area (Å²) in [5.74, 6) is -0.184. The van der Waals surface area contributed by atoms with Gasteiger partial charge >= 0.3 is 0 Å². The predicted octanol–water partition coefficient (Wildman–Crippen LogP) is 2.68. The van der Waals surface area contributed by atoms with Crippen molar-refractivity contribution < 1.29 is 9.50 Å². The van der Waals surface area contributed by atoms with E-state index >= 15 is 0 Å². The zero-order valence-electron chi connectivity index (χ0n) is 12.2. The van der Waals surface area contributed by atoms with Gasteiger partial charge in [-0.15, -0.1) is 0 Å². The van der Waals surface area contributed by atoms with Crippen molar-refractivity contribution in [1.82, 2.24) is 5.32 Å². The number of benzene rings is 1. The highest BCUT2D eigenvalue weighted by Crippen LogP contribution is 2.31. The van der Waals surface area contributed by atoms with Gasteiger partial charge < -0.3 is 15.3 Å². The normalized spacial score (nSPS) is 16.4. The first-order chi connectivity index (χ1) is 9.77. The first kappa shape index (κ1) is 15.3. The number of aliphatic hydroxyl groups is 1. The zero-order valence-corrected chi connectivity index (χ0v) is 12.2. The molecule has 0 spiro atoms. The van der Waals surface area contributed by atoms with Crippen molar-refractivity contribution in [2.45, 2.75) is 44.7 Å². The third-order valence-electron chi connectivity index (χ3n) is 4.08. The van der Waals surface area contributed by atoms with Crippen LogP contribution in [-0.2, 0) is 6.54 Å². The maximum absolute atomic E-state index is 14.4. The number of nitrogens with one attached hydrogen (secondary N) is 1. The highest BCUT2D eigenvalue weighted by Gasteiger charge is 2.25. The van der Waals surface area contributed by atoms with Gasteiger partial charge in [0.05, 0.1) is 12.3 Å². The average molecular weight is 280 g/mol. The third kappa shape index (κ3) is 3.49. The number of anilines is 1. The van der Waals surface area contributed by atoms with Gasteiger partial charge in [0.25, 0.3) is 0 Å². The minimum absolute atomic E-state index is 0.0594. The third-order valence-corrected chi connectivity index (χ3v) is 4.08. The van der Waals surface area contributed by atoms with Gasteiger partial charge in [0.1, 0.15) is 5.82 Å². The monoisotopic (exact) mass is 280 g/mol. The fraction of sp³-hybridized carbons (Fsp3) is 0.625. The van der Waals surface area contributed by atoms with Crippen molar-refractivity contribution in [1.29, 1.82) is 0 Å². The van der Waals surface area contributed by atoms with Crippen LogP contribution in [0.15, 0.2) is 18.2 Å². The number of rotatable bonds is 6. The van der Waals surface area contributed by atoms with Gasteiger partial charge in [0.15, 0.2) is 0 Å². The molecule has 2 N–H and O–H groups in total. The molecule has 1 aromatic rings. The van der Waals surface area contributed by atoms with Crippen LogP contribution in [0.1, 0.15) is 37.7 Å². The molecule has 0 atom stereocenters. The highest BCUT2D eigenvalue weighted by atomic mass is 19.1. The molecule has 0 amide bonds. The molecule has 1 aromatic carbocycles. The van der Waals surface area contributed by atoms with Crippen LogP contribution in [0.25, 0.3) is 0 Å². The van der Waals surface area contributed by atoms with Crippen LogP contribution in [0.3, 0.4) is 0 Å². The van der Waals surface area contributed by atoms with Crippen molar-refractivity contribution in [2.75, 3.05) is 25.1 Å². The van der Waals surface area contributed by atoms with Crippen molar-refractivity contribution in [3.8, 4) is 0 Å². The van der Waals surface area contributed by atoms with Crippen molar-refractivity contribution in [2.24, 2.45) is 0 Å². The molecule has 0 aromatic heterocycles. The Hall–Kier alpha value is -1.13. The number of nitrogens with zero attached hydrogens (tertiary/aromatic N) is 1. The maximum Gasteiger partial charge on any atom is 0.146 e. The average Bonchev–Trinajstić information content (AvgIpc) is 2.47. The van der Waals surface area contributed by atoms with Crippen LogP contribution in [0, 0.1) is 5.82 Å². The summed E-state index contributed by atoms with van der Waals surface area (Å²) in [4.78, 5) is 2.08. The van der Waals surface area contributed by atoms with Crippen LogP contribution < -0.4 is 10.2 Å². The van der Waals surface area contributed by atoms with Gasteiger partial charge in [-0.25, -0.2) is 4.39 Å². The Morgan fingerprint density at radius 1 is 1.30 bits per heavy atom. The van der Waals surface area contributed by atoms with Crippen molar-refractivity contribution in [3.05, 3.63) is 29.6 Å². The Labute approximate surface area is 120 Å². The summed E-state index contributed by atoms with van der Waals surface area (Å²) in [6.45, 7) is 1.20. The lowest BCUT2D eigenvalue weighted by atomic mass is 9.93. The van der Waals surface area contributed by atoms with E-state index in [1.165, 1.54) is 25.3 Å². The molecule has 3 nitrogen and oxygen atoms in total. The van der Waals surface area contributed by atoms with E-state index in [4.69, 9.17) is 0 Å². The fourth-order valence-electron chi connectivity index (χ4n) is 3.19. The summed E-state index contributed by atoms with van der Waals surface area (Å²) in [5, 5.41) is 12.5. The Kier molecular flexibility index (Phi) is 5.80. The number of para-hydroxylation sites is 1. The maximum atomic E-state index is 14.4. The number of hydrogen-bond acceptors (Lipinski definition) is 3. The second kappa shape index (κ2) is 7.60. The molecule has 112 valence electrons. The lowest BCUT2D eigenvalue weighted by Crippen LogP contribution is -2.40. The van der Waals surface area contributed by atoms with Gasteiger partial charge in [-0.1, -0.05) is 31.4 Å². The Bertz CT molecular complexity index is 419. The minimum atomic E-state index is -0.184. The quantitative estimate of drug-likeness (QED) is 0.841. The summed E-state index contributed by atoms with van der Waals surface area (Å²) < 4.78 is 14.4. The van der Waals surface area contributed by atoms with Crippen LogP contribution in [0.5, 0.6) is 0 Å². The van der Waals surface area contributed by atoms with E-state index in [1.54, 1.807) is 6.07 Å². The number of hydrogen-bond donors (Lipinski definition) is 2. The second-order valence-electron chi connectivity index (χ2n) is 5.49. The molecule has 0 unspecified atom stereocenters. The van der Waals surface area contributed by atoms with Crippen LogP contribution in [0.2, 0.25) is 0 Å². The van der Waals surface area contributed by atoms with Gasteiger partial charge in [0.2, 0.25) is 0 Å². The molecule has 4 heteroatoms. The summed E-state index contributed by atoms with van der Waals surface area (Å²) >= 11 is 0. The van der Waals surface area contributed by atoms with Crippen LogP contribution in [0.4, 0.5) is 10.1 Å². The van der Waals surface area contributed by atoms with Gasteiger partial charge in [-0.05, 0) is 31.5 Å². The van der Waals surface area contributed by atoms with Crippen LogP contribution in [-0.4, -0.2) is 31.3 Å². The molecule has 0 aliphatic heterocycles. The molecule has 1 aliphatic carbocycles. The van der Waals surface area contributed by atoms with Gasteiger partial charge in [0, 0.05) is 19.1 Å². The molecular formula is C16H25FN2O. The molecule has 0 saturated heterocycles. The summed E-state index contributed by atoms with van der Waals surface area (Å²) in [5.41, 5.74) is 1.63. The van der Waals surface area contributed by atoms with E-state index in [0.717, 1.165) is 18.4 Å². The highest BCUT2D eigenvalue weighted by molar-refractivity contribution is 5.56. The molecule has 1 aliphatic rings. The van der Waals surface area contributed by atoms with E-state index in [0.29, 0.717) is 24.8 Å². The summed E-state index contributed by atoms with van der Waals surface area (Å²) in [6.07, 6.45) is 5.84. The van der Waals surface area contributed by atoms with Crippen molar-refractivity contribution in [3.63, 3.8) is 0 Å². The smallest absolute Gasteiger partial charge is 0.146 e. The summed E-state index contributed by atoms with van der Waals surface area (Å²) in [7, 11) is 1.87.